The van der Waals surface area contributed by atoms with E-state index in [1.165, 1.54) is 0 Å². The van der Waals surface area contributed by atoms with Crippen LogP contribution < -0.4 is 5.32 Å². The number of carbonyl (C=O) groups excluding carboxylic acids is 1. The van der Waals surface area contributed by atoms with Crippen LogP contribution in [0.15, 0.2) is 18.2 Å². The molecule has 0 aliphatic heterocycles. The number of amides is 1. The second-order valence-electron chi connectivity index (χ2n) is 4.50. The van der Waals surface area contributed by atoms with E-state index in [4.69, 9.17) is 0 Å². The van der Waals surface area contributed by atoms with E-state index in [-0.39, 0.29) is 17.1 Å². The molecule has 0 radical (unpaired) electrons. The zero-order chi connectivity index (χ0) is 12.3. The Labute approximate surface area is 103 Å². The summed E-state index contributed by atoms with van der Waals surface area (Å²) in [6, 6.07) is 6.02. The summed E-state index contributed by atoms with van der Waals surface area (Å²) in [5.41, 5.74) is 3.09. The SMILES string of the molecule is Cc1ccc(C)c(NC(=O)C(S)C(C)C)c1. The summed E-state index contributed by atoms with van der Waals surface area (Å²) < 4.78 is 0. The highest BCUT2D eigenvalue weighted by Crippen LogP contribution is 2.18. The van der Waals surface area contributed by atoms with Crippen LogP contribution in [0.2, 0.25) is 0 Å². The molecule has 0 heterocycles. The molecular weight excluding hydrogens is 218 g/mol. The Morgan fingerprint density at radius 2 is 1.94 bits per heavy atom. The summed E-state index contributed by atoms with van der Waals surface area (Å²) in [4.78, 5) is 11.8. The zero-order valence-electron chi connectivity index (χ0n) is 10.2. The van der Waals surface area contributed by atoms with Crippen molar-refractivity contribution < 1.29 is 4.79 Å². The molecule has 0 saturated carbocycles. The lowest BCUT2D eigenvalue weighted by molar-refractivity contribution is -0.116. The molecule has 1 atom stereocenters. The fourth-order valence-corrected chi connectivity index (χ4v) is 1.44. The Morgan fingerprint density at radius 3 is 2.50 bits per heavy atom. The molecule has 2 nitrogen and oxygen atoms in total. The number of carbonyl (C=O) groups is 1. The minimum absolute atomic E-state index is 0.0352. The van der Waals surface area contributed by atoms with Crippen LogP contribution in [0.25, 0.3) is 0 Å². The van der Waals surface area contributed by atoms with Crippen molar-refractivity contribution >= 4 is 24.2 Å². The van der Waals surface area contributed by atoms with Gasteiger partial charge in [0.25, 0.3) is 0 Å². The molecule has 0 spiro atoms. The van der Waals surface area contributed by atoms with Crippen LogP contribution in [0.5, 0.6) is 0 Å². The topological polar surface area (TPSA) is 29.1 Å². The number of nitrogens with one attached hydrogen (secondary N) is 1. The normalized spacial score (nSPS) is 12.6. The molecule has 0 aliphatic rings. The van der Waals surface area contributed by atoms with Crippen molar-refractivity contribution in [3.63, 3.8) is 0 Å². The van der Waals surface area contributed by atoms with Crippen molar-refractivity contribution in [2.45, 2.75) is 32.9 Å². The van der Waals surface area contributed by atoms with Gasteiger partial charge in [-0.1, -0.05) is 26.0 Å². The minimum atomic E-state index is -0.264. The van der Waals surface area contributed by atoms with Gasteiger partial charge in [-0.2, -0.15) is 12.6 Å². The van der Waals surface area contributed by atoms with Crippen LogP contribution in [-0.4, -0.2) is 11.2 Å². The van der Waals surface area contributed by atoms with E-state index in [0.717, 1.165) is 16.8 Å². The van der Waals surface area contributed by atoms with E-state index < -0.39 is 0 Å². The Balaban J connectivity index is 2.80. The largest absolute Gasteiger partial charge is 0.325 e. The number of hydrogen-bond donors (Lipinski definition) is 2. The Bertz CT molecular complexity index is 388. The first kappa shape index (κ1) is 13.1. The maximum atomic E-state index is 11.8. The molecule has 0 fully saturated rings. The maximum Gasteiger partial charge on any atom is 0.237 e. The zero-order valence-corrected chi connectivity index (χ0v) is 11.1. The van der Waals surface area contributed by atoms with Crippen molar-refractivity contribution in [2.24, 2.45) is 5.92 Å². The Hall–Kier alpha value is -0.960. The lowest BCUT2D eigenvalue weighted by atomic mass is 10.1. The van der Waals surface area contributed by atoms with Crippen molar-refractivity contribution in [1.82, 2.24) is 0 Å². The number of aryl methyl sites for hydroxylation is 2. The van der Waals surface area contributed by atoms with Crippen LogP contribution in [0, 0.1) is 19.8 Å². The first-order valence-electron chi connectivity index (χ1n) is 5.48. The van der Waals surface area contributed by atoms with Crippen LogP contribution in [-0.2, 0) is 4.79 Å². The minimum Gasteiger partial charge on any atom is -0.325 e. The molecule has 1 aromatic carbocycles. The van der Waals surface area contributed by atoms with Gasteiger partial charge in [-0.3, -0.25) is 4.79 Å². The molecule has 1 aromatic rings. The smallest absolute Gasteiger partial charge is 0.237 e. The van der Waals surface area contributed by atoms with Crippen LogP contribution in [0.4, 0.5) is 5.69 Å². The van der Waals surface area contributed by atoms with Crippen molar-refractivity contribution in [2.75, 3.05) is 5.32 Å². The van der Waals surface area contributed by atoms with Gasteiger partial charge in [0.15, 0.2) is 0 Å². The molecule has 1 N–H and O–H groups in total. The monoisotopic (exact) mass is 237 g/mol. The molecular formula is C13H19NOS. The molecule has 88 valence electrons. The molecule has 0 aromatic heterocycles. The molecule has 3 heteroatoms. The highest BCUT2D eigenvalue weighted by molar-refractivity contribution is 7.81. The highest BCUT2D eigenvalue weighted by atomic mass is 32.1. The summed E-state index contributed by atoms with van der Waals surface area (Å²) in [6.45, 7) is 7.97. The predicted octanol–water partition coefficient (Wildman–Crippen LogP) is 3.20. The predicted molar refractivity (Wildman–Crippen MR) is 72.2 cm³/mol. The van der Waals surface area contributed by atoms with Crippen LogP contribution in [0.1, 0.15) is 25.0 Å². The van der Waals surface area contributed by atoms with E-state index in [2.05, 4.69) is 17.9 Å². The molecule has 0 aliphatic carbocycles. The van der Waals surface area contributed by atoms with Crippen LogP contribution in [0.3, 0.4) is 0 Å². The highest BCUT2D eigenvalue weighted by Gasteiger charge is 2.18. The average Bonchev–Trinajstić information content (AvgIpc) is 2.22. The lowest BCUT2D eigenvalue weighted by Gasteiger charge is -2.16. The van der Waals surface area contributed by atoms with E-state index in [9.17, 15) is 4.79 Å². The first-order valence-corrected chi connectivity index (χ1v) is 5.99. The van der Waals surface area contributed by atoms with Crippen molar-refractivity contribution in [1.29, 1.82) is 0 Å². The van der Waals surface area contributed by atoms with Gasteiger partial charge in [-0.05, 0) is 37.0 Å². The van der Waals surface area contributed by atoms with Gasteiger partial charge in [0.2, 0.25) is 5.91 Å². The Morgan fingerprint density at radius 1 is 1.31 bits per heavy atom. The number of anilines is 1. The molecule has 1 amide bonds. The quantitative estimate of drug-likeness (QED) is 0.777. The van der Waals surface area contributed by atoms with Gasteiger partial charge >= 0.3 is 0 Å². The third-order valence-corrected chi connectivity index (χ3v) is 3.38. The van der Waals surface area contributed by atoms with Crippen molar-refractivity contribution in [3.05, 3.63) is 29.3 Å². The third-order valence-electron chi connectivity index (χ3n) is 2.55. The summed E-state index contributed by atoms with van der Waals surface area (Å²) in [5.74, 6) is 0.195. The van der Waals surface area contributed by atoms with Crippen LogP contribution >= 0.6 is 12.6 Å². The molecule has 1 rings (SSSR count). The Kier molecular flexibility index (Phi) is 4.42. The standard InChI is InChI=1S/C13H19NOS/c1-8(2)12(16)13(15)14-11-7-9(3)5-6-10(11)4/h5-8,12,16H,1-4H3,(H,14,15). The fourth-order valence-electron chi connectivity index (χ4n) is 1.38. The van der Waals surface area contributed by atoms with Gasteiger partial charge in [-0.15, -0.1) is 0 Å². The van der Waals surface area contributed by atoms with Gasteiger partial charge in [0.05, 0.1) is 5.25 Å². The third kappa shape index (κ3) is 3.27. The first-order chi connectivity index (χ1) is 7.41. The molecule has 16 heavy (non-hydrogen) atoms. The number of rotatable bonds is 3. The van der Waals surface area contributed by atoms with E-state index >= 15 is 0 Å². The number of benzene rings is 1. The summed E-state index contributed by atoms with van der Waals surface area (Å²) in [6.07, 6.45) is 0. The van der Waals surface area contributed by atoms with E-state index in [0.29, 0.717) is 0 Å². The van der Waals surface area contributed by atoms with E-state index in [1.807, 2.05) is 45.9 Å². The summed E-state index contributed by atoms with van der Waals surface area (Å²) in [7, 11) is 0. The van der Waals surface area contributed by atoms with Gasteiger partial charge in [0, 0.05) is 5.69 Å². The van der Waals surface area contributed by atoms with Gasteiger partial charge < -0.3 is 5.32 Å². The molecule has 1 unspecified atom stereocenters. The summed E-state index contributed by atoms with van der Waals surface area (Å²) in [5, 5.41) is 2.65. The number of thiol groups is 1. The lowest BCUT2D eigenvalue weighted by Crippen LogP contribution is -2.27. The second kappa shape index (κ2) is 5.39. The van der Waals surface area contributed by atoms with Gasteiger partial charge in [-0.25, -0.2) is 0 Å². The summed E-state index contributed by atoms with van der Waals surface area (Å²) >= 11 is 4.30. The molecule has 0 bridgehead atoms. The maximum absolute atomic E-state index is 11.8. The number of hydrogen-bond acceptors (Lipinski definition) is 2. The average molecular weight is 237 g/mol. The van der Waals surface area contributed by atoms with Crippen molar-refractivity contribution in [3.8, 4) is 0 Å². The second-order valence-corrected chi connectivity index (χ2v) is 5.05. The van der Waals surface area contributed by atoms with E-state index in [1.54, 1.807) is 0 Å². The molecule has 0 saturated heterocycles. The fraction of sp³-hybridized carbons (Fsp3) is 0.462. The van der Waals surface area contributed by atoms with Gasteiger partial charge in [0.1, 0.15) is 0 Å².